The molecule has 0 N–H and O–H groups in total. The van der Waals surface area contributed by atoms with Gasteiger partial charge in [-0.05, 0) is 49.1 Å². The molecule has 0 aliphatic rings. The highest BCUT2D eigenvalue weighted by molar-refractivity contribution is 6.28. The van der Waals surface area contributed by atoms with Gasteiger partial charge in [-0.15, -0.1) is 5.10 Å². The monoisotopic (exact) mass is 195 g/mol. The van der Waals surface area contributed by atoms with E-state index in [1.165, 1.54) is 11.1 Å². The van der Waals surface area contributed by atoms with E-state index in [-0.39, 0.29) is 0 Å². The van der Waals surface area contributed by atoms with Crippen LogP contribution in [0.3, 0.4) is 0 Å². The number of aryl methyl sites for hydroxylation is 2. The van der Waals surface area contributed by atoms with Gasteiger partial charge in [0.25, 0.3) is 0 Å². The fraction of sp³-hybridized carbons (Fsp3) is 0.333. The molecule has 3 nitrogen and oxygen atoms in total. The first-order chi connectivity index (χ1) is 6.09. The highest BCUT2D eigenvalue weighted by atomic mass is 35.5. The Kier molecular flexibility index (Phi) is 1.77. The number of aromatic nitrogens is 3. The van der Waals surface area contributed by atoms with Gasteiger partial charge >= 0.3 is 0 Å². The number of nitrogens with zero attached hydrogens (tertiary/aromatic N) is 3. The van der Waals surface area contributed by atoms with Gasteiger partial charge in [0.1, 0.15) is 0 Å². The van der Waals surface area contributed by atoms with Crippen LogP contribution in [0.2, 0.25) is 5.28 Å². The lowest BCUT2D eigenvalue weighted by Gasteiger charge is -2.04. The van der Waals surface area contributed by atoms with Crippen LogP contribution in [-0.2, 0) is 0 Å². The van der Waals surface area contributed by atoms with Gasteiger partial charge < -0.3 is 0 Å². The van der Waals surface area contributed by atoms with Gasteiger partial charge in [-0.1, -0.05) is 0 Å². The molecule has 68 valence electrons. The lowest BCUT2D eigenvalue weighted by molar-refractivity contribution is 0.940. The predicted molar refractivity (Wildman–Crippen MR) is 52.2 cm³/mol. The van der Waals surface area contributed by atoms with Crippen LogP contribution in [0.5, 0.6) is 0 Å². The van der Waals surface area contributed by atoms with E-state index in [2.05, 4.69) is 23.9 Å². The summed E-state index contributed by atoms with van der Waals surface area (Å²) in [5.41, 5.74) is 4.43. The summed E-state index contributed by atoms with van der Waals surface area (Å²) in [6, 6.07) is 0. The minimum absolute atomic E-state index is 0.299. The zero-order chi connectivity index (χ0) is 9.59. The molecule has 0 aliphatic carbocycles. The first-order valence-corrected chi connectivity index (χ1v) is 4.46. The Hall–Kier alpha value is -1.09. The van der Waals surface area contributed by atoms with Crippen LogP contribution in [0, 0.1) is 20.8 Å². The van der Waals surface area contributed by atoms with E-state index < -0.39 is 0 Å². The van der Waals surface area contributed by atoms with Crippen molar-refractivity contribution in [3.8, 4) is 0 Å². The maximum absolute atomic E-state index is 5.72. The summed E-state index contributed by atoms with van der Waals surface area (Å²) in [7, 11) is 0. The van der Waals surface area contributed by atoms with E-state index in [1.807, 2.05) is 13.1 Å². The Morgan fingerprint density at radius 2 is 1.92 bits per heavy atom. The lowest BCUT2D eigenvalue weighted by Crippen LogP contribution is -1.95. The summed E-state index contributed by atoms with van der Waals surface area (Å²) in [5.74, 6) is 0. The largest absolute Gasteiger partial charge is 0.243 e. The first kappa shape index (κ1) is 8.51. The van der Waals surface area contributed by atoms with E-state index in [4.69, 9.17) is 11.6 Å². The van der Waals surface area contributed by atoms with Crippen molar-refractivity contribution in [3.05, 3.63) is 28.2 Å². The topological polar surface area (TPSA) is 30.2 Å². The van der Waals surface area contributed by atoms with Crippen molar-refractivity contribution in [3.63, 3.8) is 0 Å². The van der Waals surface area contributed by atoms with Crippen LogP contribution < -0.4 is 0 Å². The second kappa shape index (κ2) is 2.70. The van der Waals surface area contributed by atoms with E-state index in [0.717, 1.165) is 11.2 Å². The van der Waals surface area contributed by atoms with E-state index >= 15 is 0 Å². The second-order valence-corrected chi connectivity index (χ2v) is 3.55. The molecule has 13 heavy (non-hydrogen) atoms. The standard InChI is InChI=1S/C9H10ClN3/c1-5-4-13-8(7(3)6(5)2)11-9(10)12-13/h4H,1-3H3. The normalized spacial score (nSPS) is 11.1. The molecule has 0 saturated carbocycles. The van der Waals surface area contributed by atoms with Gasteiger partial charge in [0, 0.05) is 6.20 Å². The van der Waals surface area contributed by atoms with Gasteiger partial charge in [-0.2, -0.15) is 4.98 Å². The average Bonchev–Trinajstić information content (AvgIpc) is 2.42. The predicted octanol–water partition coefficient (Wildman–Crippen LogP) is 2.31. The Bertz CT molecular complexity index is 473. The number of rotatable bonds is 0. The van der Waals surface area contributed by atoms with Crippen molar-refractivity contribution in [2.45, 2.75) is 20.8 Å². The van der Waals surface area contributed by atoms with Crippen molar-refractivity contribution in [2.75, 3.05) is 0 Å². The van der Waals surface area contributed by atoms with Gasteiger partial charge in [0.2, 0.25) is 5.28 Å². The summed E-state index contributed by atoms with van der Waals surface area (Å²) in [4.78, 5) is 4.13. The third-order valence-corrected chi connectivity index (χ3v) is 2.57. The molecule has 0 radical (unpaired) electrons. The highest BCUT2D eigenvalue weighted by Gasteiger charge is 2.07. The molecule has 0 fully saturated rings. The number of pyridine rings is 1. The smallest absolute Gasteiger partial charge is 0.219 e. The lowest BCUT2D eigenvalue weighted by atomic mass is 10.1. The summed E-state index contributed by atoms with van der Waals surface area (Å²) in [5, 5.41) is 4.35. The van der Waals surface area contributed by atoms with Gasteiger partial charge in [-0.3, -0.25) is 0 Å². The highest BCUT2D eigenvalue weighted by Crippen LogP contribution is 2.17. The van der Waals surface area contributed by atoms with E-state index in [0.29, 0.717) is 5.28 Å². The van der Waals surface area contributed by atoms with Gasteiger partial charge in [-0.25, -0.2) is 4.52 Å². The summed E-state index contributed by atoms with van der Waals surface area (Å²) >= 11 is 5.72. The molecular weight excluding hydrogens is 186 g/mol. The molecule has 2 heterocycles. The molecule has 2 aromatic heterocycles. The quantitative estimate of drug-likeness (QED) is 0.646. The van der Waals surface area contributed by atoms with Gasteiger partial charge in [0.05, 0.1) is 0 Å². The summed E-state index contributed by atoms with van der Waals surface area (Å²) in [6.07, 6.45) is 1.94. The molecule has 0 atom stereocenters. The maximum atomic E-state index is 5.72. The molecular formula is C9H10ClN3. The van der Waals surface area contributed by atoms with E-state index in [1.54, 1.807) is 4.52 Å². The Morgan fingerprint density at radius 1 is 1.23 bits per heavy atom. The molecule has 0 aromatic carbocycles. The molecule has 0 saturated heterocycles. The van der Waals surface area contributed by atoms with Crippen LogP contribution in [0.4, 0.5) is 0 Å². The molecule has 0 spiro atoms. The summed E-state index contributed by atoms with van der Waals surface area (Å²) < 4.78 is 1.72. The number of fused-ring (bicyclic) bond motifs is 1. The molecule has 0 unspecified atom stereocenters. The fourth-order valence-electron chi connectivity index (χ4n) is 1.39. The van der Waals surface area contributed by atoms with Crippen molar-refractivity contribution in [1.29, 1.82) is 0 Å². The molecule has 0 aliphatic heterocycles. The zero-order valence-electron chi connectivity index (χ0n) is 7.80. The zero-order valence-corrected chi connectivity index (χ0v) is 8.55. The third-order valence-electron chi connectivity index (χ3n) is 2.41. The van der Waals surface area contributed by atoms with Crippen LogP contribution >= 0.6 is 11.6 Å². The minimum atomic E-state index is 0.299. The SMILES string of the molecule is Cc1cn2nc(Cl)nc2c(C)c1C. The Labute approximate surface area is 81.4 Å². The summed E-state index contributed by atoms with van der Waals surface area (Å²) in [6.45, 7) is 6.16. The van der Waals surface area contributed by atoms with Crippen LogP contribution in [0.25, 0.3) is 5.65 Å². The molecule has 0 amide bonds. The second-order valence-electron chi connectivity index (χ2n) is 3.21. The fourth-order valence-corrected chi connectivity index (χ4v) is 1.55. The first-order valence-electron chi connectivity index (χ1n) is 4.08. The number of halogens is 1. The maximum Gasteiger partial charge on any atom is 0.243 e. The molecule has 4 heteroatoms. The number of hydrogen-bond acceptors (Lipinski definition) is 2. The van der Waals surface area contributed by atoms with Crippen molar-refractivity contribution < 1.29 is 0 Å². The van der Waals surface area contributed by atoms with Crippen LogP contribution in [0.1, 0.15) is 16.7 Å². The number of hydrogen-bond donors (Lipinski definition) is 0. The average molecular weight is 196 g/mol. The van der Waals surface area contributed by atoms with Crippen LogP contribution in [-0.4, -0.2) is 14.6 Å². The Balaban J connectivity index is 2.92. The molecule has 0 bridgehead atoms. The van der Waals surface area contributed by atoms with Crippen LogP contribution in [0.15, 0.2) is 6.20 Å². The van der Waals surface area contributed by atoms with Crippen molar-refractivity contribution in [2.24, 2.45) is 0 Å². The third kappa shape index (κ3) is 1.20. The minimum Gasteiger partial charge on any atom is -0.219 e. The van der Waals surface area contributed by atoms with Gasteiger partial charge in [0.15, 0.2) is 5.65 Å². The molecule has 2 rings (SSSR count). The Morgan fingerprint density at radius 3 is 2.62 bits per heavy atom. The van der Waals surface area contributed by atoms with Crippen molar-refractivity contribution >= 4 is 17.2 Å². The van der Waals surface area contributed by atoms with Crippen molar-refractivity contribution in [1.82, 2.24) is 14.6 Å². The van der Waals surface area contributed by atoms with E-state index in [9.17, 15) is 0 Å². The molecule has 2 aromatic rings.